The largest absolute Gasteiger partial charge is 0.322 e. The second-order valence-corrected chi connectivity index (χ2v) is 8.10. The van der Waals surface area contributed by atoms with E-state index in [-0.39, 0.29) is 18.0 Å². The third-order valence-electron chi connectivity index (χ3n) is 4.98. The lowest BCUT2D eigenvalue weighted by Gasteiger charge is -2.33. The van der Waals surface area contributed by atoms with Crippen molar-refractivity contribution in [2.75, 3.05) is 5.32 Å². The van der Waals surface area contributed by atoms with Crippen LogP contribution in [0.1, 0.15) is 31.1 Å². The summed E-state index contributed by atoms with van der Waals surface area (Å²) in [6.45, 7) is 4.90. The Bertz CT molecular complexity index is 979. The number of hydrogen-bond acceptors (Lipinski definition) is 1. The summed E-state index contributed by atoms with van der Waals surface area (Å²) in [5.41, 5.74) is 4.20. The number of nitrogens with one attached hydrogen (secondary N) is 1. The number of anilines is 1. The molecule has 0 aliphatic carbocycles. The van der Waals surface area contributed by atoms with Gasteiger partial charge in [-0.1, -0.05) is 54.0 Å². The van der Waals surface area contributed by atoms with Gasteiger partial charge >= 0.3 is 6.03 Å². The molecule has 5 heteroatoms. The minimum Gasteiger partial charge on any atom is -0.318 e. The van der Waals surface area contributed by atoms with Crippen molar-refractivity contribution in [1.82, 2.24) is 9.47 Å². The molecule has 1 aromatic heterocycles. The molecule has 1 aliphatic rings. The van der Waals surface area contributed by atoms with E-state index >= 15 is 0 Å². The first-order chi connectivity index (χ1) is 13.0. The Hall–Kier alpha value is -2.53. The molecule has 0 fully saturated rings. The molecule has 27 heavy (non-hydrogen) atoms. The highest BCUT2D eigenvalue weighted by atomic mass is 79.9. The summed E-state index contributed by atoms with van der Waals surface area (Å²) in [5, 5.41) is 3.07. The topological polar surface area (TPSA) is 37.3 Å². The van der Waals surface area contributed by atoms with Crippen LogP contribution >= 0.6 is 15.9 Å². The molecule has 4 nitrogen and oxygen atoms in total. The van der Waals surface area contributed by atoms with Crippen LogP contribution < -0.4 is 5.32 Å². The van der Waals surface area contributed by atoms with Crippen molar-refractivity contribution in [1.29, 1.82) is 0 Å². The van der Waals surface area contributed by atoms with Gasteiger partial charge in [0, 0.05) is 22.1 Å². The van der Waals surface area contributed by atoms with Crippen molar-refractivity contribution in [3.8, 4) is 5.69 Å². The fourth-order valence-corrected chi connectivity index (χ4v) is 4.24. The van der Waals surface area contributed by atoms with Crippen LogP contribution in [0.2, 0.25) is 0 Å². The van der Waals surface area contributed by atoms with Crippen LogP contribution in [0.3, 0.4) is 0 Å². The maximum absolute atomic E-state index is 13.3. The van der Waals surface area contributed by atoms with Gasteiger partial charge in [-0.25, -0.2) is 4.79 Å². The first-order valence-electron chi connectivity index (χ1n) is 9.13. The van der Waals surface area contributed by atoms with Crippen LogP contribution in [-0.4, -0.2) is 15.5 Å². The minimum atomic E-state index is -0.0868. The van der Waals surface area contributed by atoms with Crippen LogP contribution in [-0.2, 0) is 6.54 Å². The zero-order valence-corrected chi connectivity index (χ0v) is 17.0. The number of carbonyl (C=O) groups is 1. The molecule has 1 N–H and O–H groups in total. The van der Waals surface area contributed by atoms with Gasteiger partial charge in [-0.15, -0.1) is 0 Å². The van der Waals surface area contributed by atoms with E-state index in [1.54, 1.807) is 0 Å². The summed E-state index contributed by atoms with van der Waals surface area (Å²) < 4.78 is 3.16. The predicted octanol–water partition coefficient (Wildman–Crippen LogP) is 5.98. The molecule has 0 spiro atoms. The smallest absolute Gasteiger partial charge is 0.318 e. The van der Waals surface area contributed by atoms with E-state index < -0.39 is 0 Å². The Labute approximate surface area is 167 Å². The van der Waals surface area contributed by atoms with Crippen molar-refractivity contribution in [3.63, 3.8) is 0 Å². The SMILES string of the molecule is CC(C)C1c2cccn2-c2ccccc2CN1C(=O)Nc1cccc(Br)c1. The van der Waals surface area contributed by atoms with Crippen molar-refractivity contribution in [2.24, 2.45) is 5.92 Å². The average molecular weight is 424 g/mol. The average Bonchev–Trinajstić information content (AvgIpc) is 3.05. The van der Waals surface area contributed by atoms with Gasteiger partial charge in [0.05, 0.1) is 18.3 Å². The van der Waals surface area contributed by atoms with E-state index in [1.165, 1.54) is 0 Å². The molecule has 2 aromatic carbocycles. The molecule has 138 valence electrons. The first kappa shape index (κ1) is 17.9. The minimum absolute atomic E-state index is 0.0143. The summed E-state index contributed by atoms with van der Waals surface area (Å²) in [6, 6.07) is 20.0. The quantitative estimate of drug-likeness (QED) is 0.540. The third kappa shape index (κ3) is 3.39. The number of hydrogen-bond donors (Lipinski definition) is 1. The molecule has 2 amide bonds. The second kappa shape index (κ2) is 7.24. The van der Waals surface area contributed by atoms with Gasteiger partial charge in [-0.05, 0) is 47.9 Å². The summed E-state index contributed by atoms with van der Waals surface area (Å²) >= 11 is 3.46. The number of aromatic nitrogens is 1. The Kier molecular flexibility index (Phi) is 4.79. The predicted molar refractivity (Wildman–Crippen MR) is 112 cm³/mol. The number of benzene rings is 2. The Morgan fingerprint density at radius 2 is 1.93 bits per heavy atom. The van der Waals surface area contributed by atoms with Gasteiger partial charge in [0.2, 0.25) is 0 Å². The number of nitrogens with zero attached hydrogens (tertiary/aromatic N) is 2. The highest BCUT2D eigenvalue weighted by molar-refractivity contribution is 9.10. The molecule has 4 rings (SSSR count). The molecule has 3 aromatic rings. The molecule has 2 heterocycles. The molecule has 1 unspecified atom stereocenters. The van der Waals surface area contributed by atoms with Crippen molar-refractivity contribution in [3.05, 3.63) is 82.6 Å². The number of rotatable bonds is 2. The number of fused-ring (bicyclic) bond motifs is 3. The van der Waals surface area contributed by atoms with Crippen LogP contribution in [0, 0.1) is 5.92 Å². The van der Waals surface area contributed by atoms with Gasteiger partial charge in [0.1, 0.15) is 0 Å². The molecule has 0 bridgehead atoms. The molecular formula is C22H22BrN3O. The standard InChI is InChI=1S/C22H22BrN3O/c1-15(2)21-20-11-6-12-25(20)19-10-4-3-7-16(19)14-26(21)22(27)24-18-9-5-8-17(23)13-18/h3-13,15,21H,14H2,1-2H3,(H,24,27). The summed E-state index contributed by atoms with van der Waals surface area (Å²) in [7, 11) is 0. The Morgan fingerprint density at radius 1 is 1.11 bits per heavy atom. The maximum atomic E-state index is 13.3. The van der Waals surface area contributed by atoms with Crippen LogP contribution in [0.4, 0.5) is 10.5 Å². The normalized spacial score (nSPS) is 15.9. The second-order valence-electron chi connectivity index (χ2n) is 7.19. The third-order valence-corrected chi connectivity index (χ3v) is 5.47. The lowest BCUT2D eigenvalue weighted by molar-refractivity contribution is 0.162. The fraction of sp³-hybridized carbons (Fsp3) is 0.227. The number of halogens is 1. The van der Waals surface area contributed by atoms with Crippen molar-refractivity contribution in [2.45, 2.75) is 26.4 Å². The summed E-state index contributed by atoms with van der Waals surface area (Å²) in [5.74, 6) is 0.279. The van der Waals surface area contributed by atoms with Crippen LogP contribution in [0.5, 0.6) is 0 Å². The van der Waals surface area contributed by atoms with Crippen LogP contribution in [0.25, 0.3) is 5.69 Å². The van der Waals surface area contributed by atoms with Crippen molar-refractivity contribution >= 4 is 27.6 Å². The van der Waals surface area contributed by atoms with Gasteiger partial charge in [-0.2, -0.15) is 0 Å². The number of para-hydroxylation sites is 1. The van der Waals surface area contributed by atoms with E-state index in [1.807, 2.05) is 41.3 Å². The Morgan fingerprint density at radius 3 is 2.70 bits per heavy atom. The Balaban J connectivity index is 1.76. The molecule has 0 saturated carbocycles. The van der Waals surface area contributed by atoms with E-state index in [4.69, 9.17) is 0 Å². The zero-order valence-electron chi connectivity index (χ0n) is 15.4. The number of carbonyl (C=O) groups excluding carboxylic acids is 1. The van der Waals surface area contributed by atoms with Gasteiger partial charge in [0.25, 0.3) is 0 Å². The van der Waals surface area contributed by atoms with Gasteiger partial charge < -0.3 is 14.8 Å². The van der Waals surface area contributed by atoms with Crippen LogP contribution in [0.15, 0.2) is 71.3 Å². The zero-order chi connectivity index (χ0) is 19.0. The van der Waals surface area contributed by atoms with E-state index in [9.17, 15) is 4.79 Å². The highest BCUT2D eigenvalue weighted by Gasteiger charge is 2.33. The molecule has 0 radical (unpaired) electrons. The lowest BCUT2D eigenvalue weighted by atomic mass is 9.99. The highest BCUT2D eigenvalue weighted by Crippen LogP contribution is 2.36. The molecular weight excluding hydrogens is 402 g/mol. The summed E-state index contributed by atoms with van der Waals surface area (Å²) in [4.78, 5) is 15.2. The van der Waals surface area contributed by atoms with E-state index in [0.29, 0.717) is 6.54 Å². The molecule has 0 saturated heterocycles. The number of urea groups is 1. The maximum Gasteiger partial charge on any atom is 0.322 e. The lowest BCUT2D eigenvalue weighted by Crippen LogP contribution is -2.39. The van der Waals surface area contributed by atoms with E-state index in [2.05, 4.69) is 70.1 Å². The van der Waals surface area contributed by atoms with Crippen molar-refractivity contribution < 1.29 is 4.79 Å². The van der Waals surface area contributed by atoms with Gasteiger partial charge in [-0.3, -0.25) is 0 Å². The first-order valence-corrected chi connectivity index (χ1v) is 9.92. The summed E-state index contributed by atoms with van der Waals surface area (Å²) in [6.07, 6.45) is 2.08. The number of amides is 2. The fourth-order valence-electron chi connectivity index (χ4n) is 3.84. The van der Waals surface area contributed by atoms with Gasteiger partial charge in [0.15, 0.2) is 0 Å². The van der Waals surface area contributed by atoms with E-state index in [0.717, 1.165) is 27.1 Å². The molecule has 1 atom stereocenters. The molecule has 1 aliphatic heterocycles. The monoisotopic (exact) mass is 423 g/mol.